The molecule has 0 aliphatic rings. The number of benzene rings is 4. The van der Waals surface area contributed by atoms with Gasteiger partial charge in [-0.3, -0.25) is 4.90 Å². The maximum Gasteiger partial charge on any atom is 0.407 e. The van der Waals surface area contributed by atoms with Gasteiger partial charge >= 0.3 is 12.2 Å². The van der Waals surface area contributed by atoms with Crippen LogP contribution >= 0.6 is 0 Å². The number of aliphatic hydroxyl groups excluding tert-OH is 2. The number of carbonyl (C=O) groups is 2. The molecular weight excluding hydrogens is 634 g/mol. The first-order chi connectivity index (χ1) is 24.0. The summed E-state index contributed by atoms with van der Waals surface area (Å²) in [7, 11) is 0. The molecule has 2 amide bonds. The lowest BCUT2D eigenvalue weighted by Gasteiger charge is -2.34. The number of alkyl carbamates (subject to hydrolysis) is 1. The monoisotopic (exact) mass is 683 g/mol. The van der Waals surface area contributed by atoms with E-state index in [-0.39, 0.29) is 26.1 Å². The number of nitrogens with one attached hydrogen (secondary N) is 2. The number of hydrogen-bond donors (Lipinski definition) is 5. The molecule has 4 aromatic rings. The fraction of sp³-hybridized carbons (Fsp3) is 0.350. The Kier molecular flexibility index (Phi) is 14.2. The maximum absolute atomic E-state index is 12.6. The number of ether oxygens (including phenoxy) is 2. The molecule has 10 heteroatoms. The van der Waals surface area contributed by atoms with Gasteiger partial charge in [-0.05, 0) is 68.0 Å². The molecule has 4 rings (SSSR count). The Morgan fingerprint density at radius 2 is 1.22 bits per heavy atom. The van der Waals surface area contributed by atoms with Crippen molar-refractivity contribution in [1.82, 2.24) is 15.5 Å². The van der Waals surface area contributed by atoms with Crippen LogP contribution in [0.25, 0.3) is 0 Å². The molecule has 5 N–H and O–H groups in total. The first-order valence-electron chi connectivity index (χ1n) is 16.9. The van der Waals surface area contributed by atoms with Crippen molar-refractivity contribution >= 4 is 12.2 Å². The highest BCUT2D eigenvalue weighted by Gasteiger charge is 2.31. The minimum atomic E-state index is -1.16. The standard InChI is InChI=1S/C40H49N3O7/c1-40(2,3)50-38(46)42-34(23-29-13-7-4-8-14-29)36(44)25-41-26-37(45)35(43(39(47)48)27-31-15-9-5-10-16-31)24-30-19-21-33(22-20-30)49-28-32-17-11-6-12-18-32/h4-22,34-37,41,44-45H,23-28H2,1-3H3,(H,42,46)(H,47,48)/t34-,35-,36+,37+/m0/s1. The lowest BCUT2D eigenvalue weighted by atomic mass is 9.98. The van der Waals surface area contributed by atoms with Crippen molar-refractivity contribution in [2.45, 2.75) is 76.7 Å². The zero-order valence-electron chi connectivity index (χ0n) is 28.9. The highest BCUT2D eigenvalue weighted by atomic mass is 16.6. The Bertz CT molecular complexity index is 1580. The van der Waals surface area contributed by atoms with Gasteiger partial charge < -0.3 is 35.4 Å². The number of carbonyl (C=O) groups excluding carboxylic acids is 1. The summed E-state index contributed by atoms with van der Waals surface area (Å²) in [6.07, 6.45) is -3.40. The van der Waals surface area contributed by atoms with E-state index < -0.39 is 42.1 Å². The summed E-state index contributed by atoms with van der Waals surface area (Å²) in [6.45, 7) is 5.81. The number of aliphatic hydroxyl groups is 2. The van der Waals surface area contributed by atoms with E-state index in [1.165, 1.54) is 4.90 Å². The van der Waals surface area contributed by atoms with Crippen LogP contribution in [0.1, 0.15) is 43.0 Å². The summed E-state index contributed by atoms with van der Waals surface area (Å²) < 4.78 is 11.4. The SMILES string of the molecule is CC(C)(C)OC(=O)N[C@@H](Cc1ccccc1)[C@H](O)CNC[C@@H](O)[C@H](Cc1ccc(OCc2ccccc2)cc1)N(Cc1ccccc1)C(=O)O. The minimum absolute atomic E-state index is 0.0109. The third kappa shape index (κ3) is 12.9. The first-order valence-corrected chi connectivity index (χ1v) is 16.9. The van der Waals surface area contributed by atoms with E-state index in [9.17, 15) is 24.9 Å². The van der Waals surface area contributed by atoms with Gasteiger partial charge in [-0.1, -0.05) is 103 Å². The van der Waals surface area contributed by atoms with E-state index in [0.29, 0.717) is 18.8 Å². The van der Waals surface area contributed by atoms with Gasteiger partial charge in [-0.15, -0.1) is 0 Å². The topological polar surface area (TPSA) is 141 Å². The van der Waals surface area contributed by atoms with Crippen LogP contribution in [0.4, 0.5) is 9.59 Å². The number of carboxylic acid groups (broad SMARTS) is 1. The summed E-state index contributed by atoms with van der Waals surface area (Å²) in [5.74, 6) is 0.676. The normalized spacial score (nSPS) is 13.8. The van der Waals surface area contributed by atoms with Crippen LogP contribution in [-0.4, -0.2) is 75.4 Å². The average molecular weight is 684 g/mol. The van der Waals surface area contributed by atoms with Gasteiger partial charge in [0.2, 0.25) is 0 Å². The molecular formula is C40H49N3O7. The molecule has 0 saturated heterocycles. The van der Waals surface area contributed by atoms with Gasteiger partial charge in [0.25, 0.3) is 0 Å². The molecule has 0 fully saturated rings. The van der Waals surface area contributed by atoms with Gasteiger partial charge in [0.1, 0.15) is 18.0 Å². The van der Waals surface area contributed by atoms with Gasteiger partial charge in [0.05, 0.1) is 24.3 Å². The van der Waals surface area contributed by atoms with Gasteiger partial charge in [-0.25, -0.2) is 9.59 Å². The molecule has 0 aliphatic heterocycles. The quantitative estimate of drug-likeness (QED) is 0.0941. The maximum atomic E-state index is 12.6. The van der Waals surface area contributed by atoms with Crippen molar-refractivity contribution in [1.29, 1.82) is 0 Å². The van der Waals surface area contributed by atoms with Crippen molar-refractivity contribution in [3.63, 3.8) is 0 Å². The van der Waals surface area contributed by atoms with E-state index in [4.69, 9.17) is 9.47 Å². The summed E-state index contributed by atoms with van der Waals surface area (Å²) in [6, 6.07) is 34.5. The molecule has 0 aromatic heterocycles. The van der Waals surface area contributed by atoms with Crippen molar-refractivity contribution in [2.75, 3.05) is 13.1 Å². The zero-order valence-corrected chi connectivity index (χ0v) is 28.9. The second kappa shape index (κ2) is 18.7. The molecule has 0 saturated carbocycles. The average Bonchev–Trinajstić information content (AvgIpc) is 3.09. The number of hydrogen-bond acceptors (Lipinski definition) is 7. The molecule has 0 heterocycles. The minimum Gasteiger partial charge on any atom is -0.489 e. The van der Waals surface area contributed by atoms with Crippen LogP contribution < -0.4 is 15.4 Å². The molecule has 10 nitrogen and oxygen atoms in total. The molecule has 0 spiro atoms. The Labute approximate surface area is 294 Å². The molecule has 0 aliphatic carbocycles. The predicted octanol–water partition coefficient (Wildman–Crippen LogP) is 5.80. The Morgan fingerprint density at radius 3 is 1.78 bits per heavy atom. The van der Waals surface area contributed by atoms with Crippen LogP contribution in [0.3, 0.4) is 0 Å². The first kappa shape index (κ1) is 37.9. The summed E-state index contributed by atoms with van der Waals surface area (Å²) in [5.41, 5.74) is 2.86. The van der Waals surface area contributed by atoms with E-state index in [1.807, 2.05) is 115 Å². The van der Waals surface area contributed by atoms with Crippen LogP contribution in [0.5, 0.6) is 5.75 Å². The zero-order chi connectivity index (χ0) is 35.9. The third-order valence-electron chi connectivity index (χ3n) is 8.07. The second-order valence-corrected chi connectivity index (χ2v) is 13.3. The molecule has 0 radical (unpaired) electrons. The number of nitrogens with zero attached hydrogens (tertiary/aromatic N) is 1. The smallest absolute Gasteiger partial charge is 0.407 e. The molecule has 4 aromatic carbocycles. The molecule has 0 unspecified atom stereocenters. The highest BCUT2D eigenvalue weighted by Crippen LogP contribution is 2.20. The summed E-state index contributed by atoms with van der Waals surface area (Å²) in [4.78, 5) is 26.5. The van der Waals surface area contributed by atoms with Gasteiger partial charge in [0.15, 0.2) is 0 Å². The van der Waals surface area contributed by atoms with Crippen molar-refractivity contribution in [3.05, 3.63) is 138 Å². The highest BCUT2D eigenvalue weighted by molar-refractivity contribution is 5.68. The number of amides is 2. The van der Waals surface area contributed by atoms with E-state index in [1.54, 1.807) is 20.8 Å². The molecule has 4 atom stereocenters. The van der Waals surface area contributed by atoms with Crippen LogP contribution in [0.2, 0.25) is 0 Å². The molecule has 50 heavy (non-hydrogen) atoms. The van der Waals surface area contributed by atoms with Crippen LogP contribution in [0, 0.1) is 0 Å². The number of rotatable bonds is 17. The van der Waals surface area contributed by atoms with Crippen molar-refractivity contribution in [3.8, 4) is 5.75 Å². The van der Waals surface area contributed by atoms with E-state index in [2.05, 4.69) is 10.6 Å². The summed E-state index contributed by atoms with van der Waals surface area (Å²) >= 11 is 0. The van der Waals surface area contributed by atoms with E-state index >= 15 is 0 Å². The Hall–Kier alpha value is -4.90. The van der Waals surface area contributed by atoms with Gasteiger partial charge in [0, 0.05) is 19.6 Å². The Balaban J connectivity index is 1.45. The van der Waals surface area contributed by atoms with E-state index in [0.717, 1.165) is 22.3 Å². The largest absolute Gasteiger partial charge is 0.489 e. The Morgan fingerprint density at radius 1 is 0.700 bits per heavy atom. The second-order valence-electron chi connectivity index (χ2n) is 13.3. The predicted molar refractivity (Wildman–Crippen MR) is 193 cm³/mol. The molecule has 266 valence electrons. The van der Waals surface area contributed by atoms with Crippen molar-refractivity contribution in [2.24, 2.45) is 0 Å². The fourth-order valence-electron chi connectivity index (χ4n) is 5.53. The summed E-state index contributed by atoms with van der Waals surface area (Å²) in [5, 5.41) is 39.0. The third-order valence-corrected chi connectivity index (χ3v) is 8.07. The van der Waals surface area contributed by atoms with Gasteiger partial charge in [-0.2, -0.15) is 0 Å². The van der Waals surface area contributed by atoms with Crippen LogP contribution in [-0.2, 0) is 30.7 Å². The molecule has 0 bridgehead atoms. The lowest BCUT2D eigenvalue weighted by molar-refractivity contribution is 0.0365. The fourth-order valence-corrected chi connectivity index (χ4v) is 5.53. The van der Waals surface area contributed by atoms with Crippen molar-refractivity contribution < 1.29 is 34.4 Å². The lowest BCUT2D eigenvalue weighted by Crippen LogP contribution is -2.53. The van der Waals surface area contributed by atoms with Crippen LogP contribution in [0.15, 0.2) is 115 Å².